The van der Waals surface area contributed by atoms with Crippen LogP contribution >= 0.6 is 23.7 Å². The molecule has 2 aliphatic rings. The van der Waals surface area contributed by atoms with E-state index in [1.807, 2.05) is 42.2 Å². The molecule has 2 saturated heterocycles. The predicted octanol–water partition coefficient (Wildman–Crippen LogP) is 4.65. The van der Waals surface area contributed by atoms with E-state index in [4.69, 9.17) is 4.74 Å². The average Bonchev–Trinajstić information content (AvgIpc) is 3.48. The zero-order valence-corrected chi connectivity index (χ0v) is 21.8. The summed E-state index contributed by atoms with van der Waals surface area (Å²) in [7, 11) is 1.67. The summed E-state index contributed by atoms with van der Waals surface area (Å²) < 4.78 is 5.24. The minimum Gasteiger partial charge on any atom is -0.497 e. The van der Waals surface area contributed by atoms with Crippen molar-refractivity contribution in [1.82, 2.24) is 15.1 Å². The molecule has 0 aliphatic carbocycles. The molecule has 0 saturated carbocycles. The van der Waals surface area contributed by atoms with Gasteiger partial charge in [-0.3, -0.25) is 9.59 Å². The predicted molar refractivity (Wildman–Crippen MR) is 138 cm³/mol. The molecule has 4 rings (SSSR count). The summed E-state index contributed by atoms with van der Waals surface area (Å²) in [6, 6.07) is 12.2. The lowest BCUT2D eigenvalue weighted by Crippen LogP contribution is -2.45. The zero-order chi connectivity index (χ0) is 23.3. The number of amides is 2. The first-order valence-electron chi connectivity index (χ1n) is 12.0. The summed E-state index contributed by atoms with van der Waals surface area (Å²) >= 11 is 1.70. The first-order chi connectivity index (χ1) is 16.0. The summed E-state index contributed by atoms with van der Waals surface area (Å²) in [5.74, 6) is 1.26. The lowest BCUT2D eigenvalue weighted by molar-refractivity contribution is -0.139. The average molecular weight is 506 g/mol. The van der Waals surface area contributed by atoms with Gasteiger partial charge in [-0.15, -0.1) is 23.7 Å². The number of thiophene rings is 1. The van der Waals surface area contributed by atoms with E-state index in [1.165, 1.54) is 4.88 Å². The first kappa shape index (κ1) is 26.5. The molecule has 1 unspecified atom stereocenters. The normalized spacial score (nSPS) is 18.5. The van der Waals surface area contributed by atoms with Crippen LogP contribution in [0.2, 0.25) is 0 Å². The maximum atomic E-state index is 13.3. The fourth-order valence-electron chi connectivity index (χ4n) is 5.05. The molecule has 2 aliphatic heterocycles. The molecule has 0 radical (unpaired) electrons. The minimum absolute atomic E-state index is 0. The number of hydrogen-bond donors (Lipinski definition) is 1. The molecule has 8 heteroatoms. The first-order valence-corrected chi connectivity index (χ1v) is 12.9. The Kier molecular flexibility index (Phi) is 9.39. The number of carbonyl (C=O) groups is 2. The Hall–Kier alpha value is -2.09. The summed E-state index contributed by atoms with van der Waals surface area (Å²) in [5.41, 5.74) is 0.958. The molecular weight excluding hydrogens is 470 g/mol. The van der Waals surface area contributed by atoms with Gasteiger partial charge in [0.1, 0.15) is 5.75 Å². The second-order valence-electron chi connectivity index (χ2n) is 9.22. The van der Waals surface area contributed by atoms with Crippen molar-refractivity contribution in [2.24, 2.45) is 5.41 Å². The van der Waals surface area contributed by atoms with Gasteiger partial charge in [-0.2, -0.15) is 0 Å². The number of nitrogens with one attached hydrogen (secondary N) is 1. The van der Waals surface area contributed by atoms with Crippen molar-refractivity contribution < 1.29 is 14.3 Å². The van der Waals surface area contributed by atoms with Crippen molar-refractivity contribution in [3.8, 4) is 5.75 Å². The second kappa shape index (κ2) is 12.0. The zero-order valence-electron chi connectivity index (χ0n) is 20.1. The molecule has 2 amide bonds. The van der Waals surface area contributed by atoms with Gasteiger partial charge in [0.25, 0.3) is 0 Å². The van der Waals surface area contributed by atoms with E-state index in [-0.39, 0.29) is 29.8 Å². The monoisotopic (exact) mass is 505 g/mol. The molecule has 2 fully saturated rings. The van der Waals surface area contributed by atoms with Crippen LogP contribution in [0.25, 0.3) is 0 Å². The number of ether oxygens (including phenoxy) is 1. The number of benzene rings is 1. The van der Waals surface area contributed by atoms with Gasteiger partial charge in [0, 0.05) is 30.9 Å². The summed E-state index contributed by atoms with van der Waals surface area (Å²) in [6.45, 7) is 6.23. The number of likely N-dealkylation sites (tertiary alicyclic amines) is 2. The van der Waals surface area contributed by atoms with Crippen LogP contribution in [0, 0.1) is 5.41 Å². The summed E-state index contributed by atoms with van der Waals surface area (Å²) in [5, 5.41) is 5.24. The van der Waals surface area contributed by atoms with Crippen LogP contribution in [0.1, 0.15) is 55.5 Å². The van der Waals surface area contributed by atoms with Crippen molar-refractivity contribution in [3.05, 3.63) is 52.2 Å². The van der Waals surface area contributed by atoms with E-state index in [9.17, 15) is 9.59 Å². The molecule has 0 bridgehead atoms. The molecular formula is C26H36ClN3O3S. The number of piperidine rings is 1. The van der Waals surface area contributed by atoms with Crippen molar-refractivity contribution in [3.63, 3.8) is 0 Å². The highest BCUT2D eigenvalue weighted by Gasteiger charge is 2.47. The quantitative estimate of drug-likeness (QED) is 0.539. The van der Waals surface area contributed by atoms with Gasteiger partial charge < -0.3 is 19.9 Å². The van der Waals surface area contributed by atoms with Crippen LogP contribution in [0.4, 0.5) is 0 Å². The number of rotatable bonds is 9. The van der Waals surface area contributed by atoms with Gasteiger partial charge in [0.15, 0.2) is 0 Å². The Morgan fingerprint density at radius 1 is 1.15 bits per heavy atom. The van der Waals surface area contributed by atoms with Crippen LogP contribution in [0.15, 0.2) is 41.8 Å². The highest BCUT2D eigenvalue weighted by molar-refractivity contribution is 7.10. The Labute approximate surface area is 213 Å². The third-order valence-electron chi connectivity index (χ3n) is 7.22. The SMILES string of the molecule is CCC(=O)NC(CCN1CCC2(CC1)CCN(Cc1ccc(OC)cc1)C2=O)c1cccs1.Cl. The Morgan fingerprint density at radius 3 is 2.47 bits per heavy atom. The van der Waals surface area contributed by atoms with Crippen molar-refractivity contribution in [1.29, 1.82) is 0 Å². The number of nitrogens with zero attached hydrogens (tertiary/aromatic N) is 2. The number of halogens is 1. The molecule has 2 aromatic rings. The summed E-state index contributed by atoms with van der Waals surface area (Å²) in [4.78, 5) is 31.0. The molecule has 186 valence electrons. The molecule has 1 aromatic heterocycles. The number of carbonyl (C=O) groups excluding carboxylic acids is 2. The minimum atomic E-state index is -0.188. The second-order valence-corrected chi connectivity index (χ2v) is 10.2. The number of methoxy groups -OCH3 is 1. The Morgan fingerprint density at radius 2 is 1.85 bits per heavy atom. The van der Waals surface area contributed by atoms with Crippen LogP contribution in [-0.2, 0) is 16.1 Å². The lowest BCUT2D eigenvalue weighted by Gasteiger charge is -2.38. The van der Waals surface area contributed by atoms with E-state index >= 15 is 0 Å². The van der Waals surface area contributed by atoms with Gasteiger partial charge in [-0.05, 0) is 67.9 Å². The van der Waals surface area contributed by atoms with Gasteiger partial charge in [-0.1, -0.05) is 25.1 Å². The van der Waals surface area contributed by atoms with Gasteiger partial charge >= 0.3 is 0 Å². The highest BCUT2D eigenvalue weighted by atomic mass is 35.5. The molecule has 6 nitrogen and oxygen atoms in total. The van der Waals surface area contributed by atoms with Crippen LogP contribution in [0.3, 0.4) is 0 Å². The maximum absolute atomic E-state index is 13.3. The molecule has 3 heterocycles. The Balaban J connectivity index is 0.00000324. The van der Waals surface area contributed by atoms with Crippen molar-refractivity contribution >= 4 is 35.6 Å². The number of hydrogen-bond acceptors (Lipinski definition) is 5. The Bertz CT molecular complexity index is 927. The smallest absolute Gasteiger partial charge is 0.229 e. The highest BCUT2D eigenvalue weighted by Crippen LogP contribution is 2.42. The third-order valence-corrected chi connectivity index (χ3v) is 8.21. The van der Waals surface area contributed by atoms with Crippen molar-refractivity contribution in [2.75, 3.05) is 33.3 Å². The topological polar surface area (TPSA) is 61.9 Å². The van der Waals surface area contributed by atoms with Crippen LogP contribution in [-0.4, -0.2) is 54.9 Å². The molecule has 34 heavy (non-hydrogen) atoms. The van der Waals surface area contributed by atoms with Crippen LogP contribution in [0.5, 0.6) is 5.75 Å². The fraction of sp³-hybridized carbons (Fsp3) is 0.538. The standard InChI is InChI=1S/C26H35N3O3S.ClH/c1-3-24(30)27-22(23-5-4-18-33-23)10-14-28-15-11-26(12-16-28)13-17-29(25(26)31)19-20-6-8-21(32-2)9-7-20;/h4-9,18,22H,3,10-17,19H2,1-2H3,(H,27,30);1H. The fourth-order valence-corrected chi connectivity index (χ4v) is 5.86. The third kappa shape index (κ3) is 6.12. The van der Waals surface area contributed by atoms with Crippen molar-refractivity contribution in [2.45, 2.75) is 51.6 Å². The maximum Gasteiger partial charge on any atom is 0.229 e. The largest absolute Gasteiger partial charge is 0.497 e. The molecule has 1 aromatic carbocycles. The van der Waals surface area contributed by atoms with Crippen LogP contribution < -0.4 is 10.1 Å². The van der Waals surface area contributed by atoms with E-state index < -0.39 is 0 Å². The molecule has 1 spiro atoms. The summed E-state index contributed by atoms with van der Waals surface area (Å²) in [6.07, 6.45) is 4.21. The van der Waals surface area contributed by atoms with E-state index in [0.717, 1.165) is 63.2 Å². The van der Waals surface area contributed by atoms with E-state index in [0.29, 0.717) is 18.9 Å². The van der Waals surface area contributed by atoms with E-state index in [1.54, 1.807) is 18.4 Å². The lowest BCUT2D eigenvalue weighted by atomic mass is 9.77. The molecule has 1 atom stereocenters. The van der Waals surface area contributed by atoms with Gasteiger partial charge in [0.05, 0.1) is 18.6 Å². The van der Waals surface area contributed by atoms with Gasteiger partial charge in [-0.25, -0.2) is 0 Å². The van der Waals surface area contributed by atoms with E-state index in [2.05, 4.69) is 21.7 Å². The van der Waals surface area contributed by atoms with Gasteiger partial charge in [0.2, 0.25) is 11.8 Å². The molecule has 1 N–H and O–H groups in total.